The van der Waals surface area contributed by atoms with Gasteiger partial charge in [0, 0.05) is 5.38 Å². The Labute approximate surface area is 201 Å². The summed E-state index contributed by atoms with van der Waals surface area (Å²) in [6.45, 7) is 3.50. The first-order chi connectivity index (χ1) is 16.0. The van der Waals surface area contributed by atoms with Crippen LogP contribution in [0.15, 0.2) is 10.5 Å². The highest BCUT2D eigenvalue weighted by Gasteiger charge is 2.58. The molecule has 4 amide bonds. The first-order valence-electron chi connectivity index (χ1n) is 9.29. The number of ether oxygens (including phenoxy) is 1. The molecule has 0 radical (unpaired) electrons. The van der Waals surface area contributed by atoms with Crippen molar-refractivity contribution in [1.82, 2.24) is 19.9 Å². The Morgan fingerprint density at radius 2 is 1.94 bits per heavy atom. The topological polar surface area (TPSA) is 257 Å². The first-order valence-corrected chi connectivity index (χ1v) is 11.6. The molecule has 19 heteroatoms. The molecule has 1 aliphatic heterocycles. The van der Waals surface area contributed by atoms with Gasteiger partial charge in [0.1, 0.15) is 17.3 Å². The van der Waals surface area contributed by atoms with Crippen LogP contribution in [0.3, 0.4) is 0 Å². The average Bonchev–Trinajstić information content (AvgIpc) is 3.09. The van der Waals surface area contributed by atoms with E-state index in [0.717, 1.165) is 11.3 Å². The predicted molar refractivity (Wildman–Crippen MR) is 115 cm³/mol. The summed E-state index contributed by atoms with van der Waals surface area (Å²) in [7, 11) is -5.27. The maximum absolute atomic E-state index is 12.8. The zero-order valence-electron chi connectivity index (χ0n) is 18.2. The lowest BCUT2D eigenvalue weighted by Gasteiger charge is -2.42. The fourth-order valence-electron chi connectivity index (χ4n) is 2.56. The van der Waals surface area contributed by atoms with Gasteiger partial charge >= 0.3 is 22.4 Å². The van der Waals surface area contributed by atoms with Gasteiger partial charge in [-0.15, -0.1) is 11.3 Å². The van der Waals surface area contributed by atoms with Crippen molar-refractivity contribution in [2.75, 3.05) is 12.3 Å². The van der Waals surface area contributed by atoms with E-state index in [0.29, 0.717) is 0 Å². The molecule has 2 heterocycles. The molecule has 0 aliphatic carbocycles. The maximum Gasteiger partial charge on any atom is 0.414 e. The summed E-state index contributed by atoms with van der Waals surface area (Å²) in [4.78, 5) is 68.5. The molecule has 6 N–H and O–H groups in total. The molecule has 2 atom stereocenters. The highest BCUT2D eigenvalue weighted by atomic mass is 32.2. The van der Waals surface area contributed by atoms with Crippen LogP contribution in [0, 0.1) is 0 Å². The van der Waals surface area contributed by atoms with Crippen LogP contribution < -0.4 is 16.4 Å². The smallest absolute Gasteiger partial charge is 0.414 e. The van der Waals surface area contributed by atoms with Gasteiger partial charge in [0.2, 0.25) is 6.61 Å². The fraction of sp³-hybridized carbons (Fsp3) is 0.438. The van der Waals surface area contributed by atoms with Crippen LogP contribution in [0.4, 0.5) is 9.93 Å². The molecule has 1 aromatic heterocycles. The number of nitrogens with zero attached hydrogens (tertiary/aromatic N) is 3. The van der Waals surface area contributed by atoms with Crippen molar-refractivity contribution >= 4 is 62.3 Å². The minimum absolute atomic E-state index is 0.00869. The molecular weight excluding hydrogens is 516 g/mol. The number of nitrogen functional groups attached to an aromatic ring is 1. The molecule has 2 unspecified atom stereocenters. The number of alkyl carbamates (subject to hydrolysis) is 1. The number of hydrogen-bond acceptors (Lipinski definition) is 13. The van der Waals surface area contributed by atoms with Gasteiger partial charge in [0.25, 0.3) is 17.7 Å². The molecule has 35 heavy (non-hydrogen) atoms. The van der Waals surface area contributed by atoms with Gasteiger partial charge in [-0.25, -0.2) is 14.6 Å². The number of aromatic nitrogens is 1. The zero-order valence-corrected chi connectivity index (χ0v) is 19.9. The van der Waals surface area contributed by atoms with E-state index in [9.17, 15) is 36.9 Å². The van der Waals surface area contributed by atoms with Crippen molar-refractivity contribution in [1.29, 1.82) is 0 Å². The Kier molecular flexibility index (Phi) is 7.98. The number of carboxylic acid groups (broad SMARTS) is 1. The molecule has 1 saturated heterocycles. The molecule has 17 nitrogen and oxygen atoms in total. The molecule has 0 spiro atoms. The number of thiazole rings is 1. The minimum atomic E-state index is -5.27. The van der Waals surface area contributed by atoms with Crippen LogP contribution in [0.25, 0.3) is 0 Å². The van der Waals surface area contributed by atoms with Crippen LogP contribution >= 0.6 is 11.3 Å². The van der Waals surface area contributed by atoms with E-state index in [4.69, 9.17) is 15.6 Å². The lowest BCUT2D eigenvalue weighted by molar-refractivity contribution is -0.151. The highest BCUT2D eigenvalue weighted by molar-refractivity contribution is 7.84. The average molecular weight is 537 g/mol. The molecule has 1 fully saturated rings. The van der Waals surface area contributed by atoms with Gasteiger partial charge in [-0.3, -0.25) is 24.3 Å². The maximum atomic E-state index is 12.8. The van der Waals surface area contributed by atoms with E-state index in [2.05, 4.69) is 15.0 Å². The van der Waals surface area contributed by atoms with Gasteiger partial charge in [-0.1, -0.05) is 5.16 Å². The number of β-lactam (4-membered cyclic amide) rings is 1. The third-order valence-electron chi connectivity index (χ3n) is 3.80. The van der Waals surface area contributed by atoms with Gasteiger partial charge in [-0.2, -0.15) is 12.7 Å². The molecule has 2 rings (SSSR count). The monoisotopic (exact) mass is 536 g/mol. The lowest BCUT2D eigenvalue weighted by atomic mass is 9.97. The zero-order chi connectivity index (χ0) is 26.7. The lowest BCUT2D eigenvalue weighted by Crippen LogP contribution is -2.76. The third kappa shape index (κ3) is 7.07. The van der Waals surface area contributed by atoms with Crippen LogP contribution in [-0.2, 0) is 39.1 Å². The number of aliphatic carboxylic acids is 1. The van der Waals surface area contributed by atoms with Gasteiger partial charge in [-0.05, 0) is 20.8 Å². The van der Waals surface area contributed by atoms with Crippen molar-refractivity contribution < 1.29 is 51.6 Å². The number of anilines is 1. The molecule has 0 aromatic carbocycles. The summed E-state index contributed by atoms with van der Waals surface area (Å²) < 4.78 is 37.1. The number of carbonyl (C=O) groups is 5. The van der Waals surface area contributed by atoms with Crippen molar-refractivity contribution in [3.8, 4) is 0 Å². The summed E-state index contributed by atoms with van der Waals surface area (Å²) in [5.74, 6) is -5.50. The van der Waals surface area contributed by atoms with Crippen LogP contribution in [0.1, 0.15) is 26.5 Å². The van der Waals surface area contributed by atoms with E-state index in [1.54, 1.807) is 5.32 Å². The SMILES string of the molecule is CC(C)(C)OC(=O)NC(=O)C1C(NC(=O)/C(=N\OCC(=O)O)c2csc(N)n2)C(=O)N1S(=O)(=O)O. The second-order valence-corrected chi connectivity index (χ2v) is 9.86. The highest BCUT2D eigenvalue weighted by Crippen LogP contribution is 2.24. The Bertz CT molecular complexity index is 1190. The molecule has 0 saturated carbocycles. The van der Waals surface area contributed by atoms with Crippen LogP contribution in [0.2, 0.25) is 0 Å². The van der Waals surface area contributed by atoms with Gasteiger partial charge in [0.05, 0.1) is 0 Å². The molecule has 1 aromatic rings. The fourth-order valence-corrected chi connectivity index (χ4v) is 3.95. The van der Waals surface area contributed by atoms with Crippen molar-refractivity contribution in [3.63, 3.8) is 0 Å². The predicted octanol–water partition coefficient (Wildman–Crippen LogP) is -1.92. The molecule has 192 valence electrons. The van der Waals surface area contributed by atoms with Crippen molar-refractivity contribution in [2.45, 2.75) is 38.5 Å². The molecule has 0 bridgehead atoms. The van der Waals surface area contributed by atoms with Gasteiger partial charge < -0.3 is 25.7 Å². The normalized spacial score (nSPS) is 18.3. The van der Waals surface area contributed by atoms with Crippen LogP contribution in [-0.4, -0.2) is 87.2 Å². The van der Waals surface area contributed by atoms with E-state index in [-0.39, 0.29) is 15.1 Å². The van der Waals surface area contributed by atoms with Crippen molar-refractivity contribution in [2.24, 2.45) is 5.16 Å². The summed E-state index contributed by atoms with van der Waals surface area (Å²) in [6, 6.07) is -3.98. The first kappa shape index (κ1) is 27.4. The summed E-state index contributed by atoms with van der Waals surface area (Å²) in [6.07, 6.45) is -1.29. The Hall–Kier alpha value is -3.84. The number of nitrogens with two attached hydrogens (primary N) is 1. The molecular formula is C16H20N6O11S2. The Morgan fingerprint density at radius 1 is 1.31 bits per heavy atom. The standard InChI is InChI=1S/C16H20N6O11S2/c1-16(2,3)33-15(28)20-12(26)10-9(13(27)22(10)35(29,30)31)19-11(25)8(21-32-4-7(23)24)6-5-34-14(17)18-6/h5,9-10H,4H2,1-3H3,(H2,17,18)(H,19,25)(H,23,24)(H,20,26,28)(H,29,30,31)/b21-8-. The van der Waals surface area contributed by atoms with E-state index >= 15 is 0 Å². The second kappa shape index (κ2) is 10.2. The van der Waals surface area contributed by atoms with E-state index in [1.165, 1.54) is 26.2 Å². The van der Waals surface area contributed by atoms with E-state index < -0.39 is 70.1 Å². The number of amides is 4. The van der Waals surface area contributed by atoms with Gasteiger partial charge in [0.15, 0.2) is 16.9 Å². The number of hydrogen-bond donors (Lipinski definition) is 5. The largest absolute Gasteiger partial charge is 0.479 e. The number of rotatable bonds is 8. The minimum Gasteiger partial charge on any atom is -0.479 e. The summed E-state index contributed by atoms with van der Waals surface area (Å²) in [5, 5.41) is 17.0. The van der Waals surface area contributed by atoms with Crippen LogP contribution in [0.5, 0.6) is 0 Å². The number of oxime groups is 1. The number of carboxylic acids is 1. The quantitative estimate of drug-likeness (QED) is 0.105. The summed E-state index contributed by atoms with van der Waals surface area (Å²) >= 11 is 0.880. The Morgan fingerprint density at radius 3 is 2.43 bits per heavy atom. The second-order valence-electron chi connectivity index (χ2n) is 7.68. The van der Waals surface area contributed by atoms with E-state index in [1.807, 2.05) is 5.32 Å². The molecule has 1 aliphatic rings. The third-order valence-corrected chi connectivity index (χ3v) is 5.38. The number of imide groups is 1. The van der Waals surface area contributed by atoms with Crippen molar-refractivity contribution in [3.05, 3.63) is 11.1 Å². The number of nitrogens with one attached hydrogen (secondary N) is 2. The number of carbonyl (C=O) groups excluding carboxylic acids is 4. The summed E-state index contributed by atoms with van der Waals surface area (Å²) in [5.41, 5.74) is 3.62. The Balaban J connectivity index is 2.30.